The van der Waals surface area contributed by atoms with E-state index in [9.17, 15) is 9.90 Å². The van der Waals surface area contributed by atoms with Gasteiger partial charge in [0.25, 0.3) is 0 Å². The van der Waals surface area contributed by atoms with Gasteiger partial charge in [0.2, 0.25) is 5.91 Å². The van der Waals surface area contributed by atoms with Crippen LogP contribution in [0, 0.1) is 0 Å². The first-order valence-electron chi connectivity index (χ1n) is 6.86. The molecule has 0 saturated carbocycles. The Bertz CT molecular complexity index is 246. The smallest absolute Gasteiger partial charge is 0.234 e. The summed E-state index contributed by atoms with van der Waals surface area (Å²) in [7, 11) is 0. The highest BCUT2D eigenvalue weighted by Crippen LogP contribution is 2.08. The fourth-order valence-electron chi connectivity index (χ4n) is 2.05. The van der Waals surface area contributed by atoms with Crippen molar-refractivity contribution in [2.24, 2.45) is 0 Å². The monoisotopic (exact) mass is 258 g/mol. The minimum absolute atomic E-state index is 0.0358. The second kappa shape index (κ2) is 8.45. The number of aliphatic hydroxyl groups excluding tert-OH is 1. The third-order valence-electron chi connectivity index (χ3n) is 2.94. The van der Waals surface area contributed by atoms with E-state index >= 15 is 0 Å². The normalized spacial score (nSPS) is 21.2. The minimum Gasteiger partial charge on any atom is -0.392 e. The van der Waals surface area contributed by atoms with Crippen molar-refractivity contribution in [3.05, 3.63) is 0 Å². The summed E-state index contributed by atoms with van der Waals surface area (Å²) in [4.78, 5) is 13.6. The Morgan fingerprint density at radius 2 is 2.33 bits per heavy atom. The molecular weight excluding hydrogens is 232 g/mol. The van der Waals surface area contributed by atoms with E-state index in [0.29, 0.717) is 26.2 Å². The van der Waals surface area contributed by atoms with E-state index in [1.807, 2.05) is 18.7 Å². The highest BCUT2D eigenvalue weighted by Gasteiger charge is 2.19. The van der Waals surface area contributed by atoms with E-state index in [0.717, 1.165) is 25.8 Å². The summed E-state index contributed by atoms with van der Waals surface area (Å²) < 4.78 is 5.39. The van der Waals surface area contributed by atoms with E-state index in [2.05, 4.69) is 5.32 Å². The minimum atomic E-state index is -0.272. The molecule has 1 aliphatic rings. The highest BCUT2D eigenvalue weighted by molar-refractivity contribution is 5.77. The molecule has 1 amide bonds. The summed E-state index contributed by atoms with van der Waals surface area (Å²) in [5, 5.41) is 12.4. The van der Waals surface area contributed by atoms with Crippen LogP contribution in [0.5, 0.6) is 0 Å². The first kappa shape index (κ1) is 15.4. The van der Waals surface area contributed by atoms with Gasteiger partial charge >= 0.3 is 0 Å². The Labute approximate surface area is 109 Å². The Balaban J connectivity index is 2.03. The third kappa shape index (κ3) is 6.93. The van der Waals surface area contributed by atoms with Gasteiger partial charge in [0.1, 0.15) is 0 Å². The predicted octanol–water partition coefficient (Wildman–Crippen LogP) is 0.374. The zero-order chi connectivity index (χ0) is 13.4. The molecule has 0 aromatic heterocycles. The van der Waals surface area contributed by atoms with Crippen LogP contribution in [0.15, 0.2) is 0 Å². The van der Waals surface area contributed by atoms with Crippen molar-refractivity contribution in [2.75, 3.05) is 32.8 Å². The van der Waals surface area contributed by atoms with Gasteiger partial charge in [-0.25, -0.2) is 0 Å². The number of hydrogen-bond acceptors (Lipinski definition) is 4. The predicted molar refractivity (Wildman–Crippen MR) is 70.4 cm³/mol. The van der Waals surface area contributed by atoms with Gasteiger partial charge in [-0.2, -0.15) is 0 Å². The van der Waals surface area contributed by atoms with Crippen LogP contribution in [-0.4, -0.2) is 60.9 Å². The van der Waals surface area contributed by atoms with Crippen molar-refractivity contribution >= 4 is 5.91 Å². The van der Waals surface area contributed by atoms with Crippen LogP contribution in [0.4, 0.5) is 0 Å². The number of ether oxygens (including phenoxy) is 1. The Morgan fingerprint density at radius 1 is 1.56 bits per heavy atom. The fraction of sp³-hybridized carbons (Fsp3) is 0.923. The number of amides is 1. The van der Waals surface area contributed by atoms with Crippen LogP contribution < -0.4 is 5.32 Å². The second-order valence-electron chi connectivity index (χ2n) is 5.15. The SMILES string of the molecule is CC(C)OCCCNC(=O)CN1CCCC(O)C1. The third-order valence-corrected chi connectivity index (χ3v) is 2.94. The number of rotatable bonds is 7. The number of carbonyl (C=O) groups is 1. The standard InChI is InChI=1S/C13H26N2O3/c1-11(2)18-8-4-6-14-13(17)10-15-7-3-5-12(16)9-15/h11-12,16H,3-10H2,1-2H3,(H,14,17). The summed E-state index contributed by atoms with van der Waals surface area (Å²) in [6.07, 6.45) is 2.63. The van der Waals surface area contributed by atoms with Gasteiger partial charge in [0.15, 0.2) is 0 Å². The Morgan fingerprint density at radius 3 is 3.00 bits per heavy atom. The summed E-state index contributed by atoms with van der Waals surface area (Å²) in [5.41, 5.74) is 0. The number of likely N-dealkylation sites (tertiary alicyclic amines) is 1. The quantitative estimate of drug-likeness (QED) is 0.648. The van der Waals surface area contributed by atoms with E-state index < -0.39 is 0 Å². The van der Waals surface area contributed by atoms with Crippen molar-refractivity contribution in [2.45, 2.75) is 45.3 Å². The second-order valence-corrected chi connectivity index (χ2v) is 5.15. The largest absolute Gasteiger partial charge is 0.392 e. The number of hydrogen-bond donors (Lipinski definition) is 2. The molecule has 0 aromatic rings. The van der Waals surface area contributed by atoms with Gasteiger partial charge < -0.3 is 15.2 Å². The maximum Gasteiger partial charge on any atom is 0.234 e. The van der Waals surface area contributed by atoms with Crippen molar-refractivity contribution in [3.8, 4) is 0 Å². The number of nitrogens with one attached hydrogen (secondary N) is 1. The molecule has 5 nitrogen and oxygen atoms in total. The van der Waals surface area contributed by atoms with Gasteiger partial charge in [0, 0.05) is 19.7 Å². The molecule has 1 atom stereocenters. The van der Waals surface area contributed by atoms with E-state index in [-0.39, 0.29) is 18.1 Å². The molecule has 18 heavy (non-hydrogen) atoms. The van der Waals surface area contributed by atoms with Crippen LogP contribution in [0.3, 0.4) is 0 Å². The molecule has 1 aliphatic heterocycles. The van der Waals surface area contributed by atoms with Crippen molar-refractivity contribution in [3.63, 3.8) is 0 Å². The first-order chi connectivity index (χ1) is 8.58. The van der Waals surface area contributed by atoms with Crippen molar-refractivity contribution < 1.29 is 14.6 Å². The van der Waals surface area contributed by atoms with Crippen LogP contribution in [0.2, 0.25) is 0 Å². The number of nitrogens with zero attached hydrogens (tertiary/aromatic N) is 1. The van der Waals surface area contributed by atoms with Crippen molar-refractivity contribution in [1.82, 2.24) is 10.2 Å². The number of carbonyl (C=O) groups excluding carboxylic acids is 1. The molecule has 1 fully saturated rings. The molecule has 2 N–H and O–H groups in total. The van der Waals surface area contributed by atoms with Crippen LogP contribution in [0.25, 0.3) is 0 Å². The lowest BCUT2D eigenvalue weighted by molar-refractivity contribution is -0.122. The maximum absolute atomic E-state index is 11.6. The molecular formula is C13H26N2O3. The van der Waals surface area contributed by atoms with Crippen LogP contribution in [0.1, 0.15) is 33.1 Å². The average molecular weight is 258 g/mol. The van der Waals surface area contributed by atoms with Crippen molar-refractivity contribution in [1.29, 1.82) is 0 Å². The van der Waals surface area contributed by atoms with Crippen LogP contribution in [-0.2, 0) is 9.53 Å². The molecule has 0 aliphatic carbocycles. The van der Waals surface area contributed by atoms with Gasteiger partial charge in [-0.05, 0) is 39.7 Å². The topological polar surface area (TPSA) is 61.8 Å². The molecule has 0 radical (unpaired) electrons. The van der Waals surface area contributed by atoms with Gasteiger partial charge in [0.05, 0.1) is 18.8 Å². The molecule has 1 unspecified atom stereocenters. The molecule has 0 spiro atoms. The summed E-state index contributed by atoms with van der Waals surface area (Å²) in [5.74, 6) is 0.0358. The zero-order valence-corrected chi connectivity index (χ0v) is 11.5. The van der Waals surface area contributed by atoms with Gasteiger partial charge in [-0.3, -0.25) is 9.69 Å². The number of β-amino-alcohol motifs (C(OH)–C–C–N with tert-alkyl or cyclic N) is 1. The lowest BCUT2D eigenvalue weighted by Gasteiger charge is -2.29. The summed E-state index contributed by atoms with van der Waals surface area (Å²) in [6, 6.07) is 0. The zero-order valence-electron chi connectivity index (χ0n) is 11.5. The maximum atomic E-state index is 11.6. The highest BCUT2D eigenvalue weighted by atomic mass is 16.5. The molecule has 1 heterocycles. The molecule has 0 aromatic carbocycles. The summed E-state index contributed by atoms with van der Waals surface area (Å²) >= 11 is 0. The number of aliphatic hydroxyl groups is 1. The Hall–Kier alpha value is -0.650. The van der Waals surface area contributed by atoms with Gasteiger partial charge in [-0.1, -0.05) is 0 Å². The molecule has 1 rings (SSSR count). The van der Waals surface area contributed by atoms with E-state index in [1.165, 1.54) is 0 Å². The lowest BCUT2D eigenvalue weighted by atomic mass is 10.1. The molecule has 1 saturated heterocycles. The average Bonchev–Trinajstić information content (AvgIpc) is 2.28. The van der Waals surface area contributed by atoms with E-state index in [1.54, 1.807) is 0 Å². The summed E-state index contributed by atoms with van der Waals surface area (Å²) in [6.45, 7) is 7.25. The Kier molecular flexibility index (Phi) is 7.23. The van der Waals surface area contributed by atoms with E-state index in [4.69, 9.17) is 4.74 Å². The molecule has 5 heteroatoms. The lowest BCUT2D eigenvalue weighted by Crippen LogP contribution is -2.44. The fourth-order valence-corrected chi connectivity index (χ4v) is 2.05. The molecule has 106 valence electrons. The molecule has 0 bridgehead atoms. The first-order valence-corrected chi connectivity index (χ1v) is 6.86. The number of piperidine rings is 1. The van der Waals surface area contributed by atoms with Crippen LogP contribution >= 0.6 is 0 Å². The van der Waals surface area contributed by atoms with Gasteiger partial charge in [-0.15, -0.1) is 0 Å².